The number of hydrogen-bond acceptors (Lipinski definition) is 5. The number of nitrogens with zero attached hydrogens (tertiary/aromatic N) is 2. The molecule has 0 saturated carbocycles. The van der Waals surface area contributed by atoms with Gasteiger partial charge in [0.1, 0.15) is 5.69 Å². The van der Waals surface area contributed by atoms with Gasteiger partial charge in [0.25, 0.3) is 5.69 Å². The lowest BCUT2D eigenvalue weighted by Crippen LogP contribution is -2.35. The number of nitrogens with two attached hydrogens (primary N) is 1. The van der Waals surface area contributed by atoms with E-state index in [0.29, 0.717) is 17.8 Å². The van der Waals surface area contributed by atoms with Crippen LogP contribution in [0.25, 0.3) is 0 Å². The van der Waals surface area contributed by atoms with E-state index in [2.05, 4.69) is 0 Å². The summed E-state index contributed by atoms with van der Waals surface area (Å²) < 4.78 is 0. The number of hydrogen-bond donors (Lipinski definition) is 2. The highest BCUT2D eigenvalue weighted by Crippen LogP contribution is 2.31. The number of unbranched alkanes of at least 4 members (excludes halogenated alkanes) is 1. The molecule has 0 aliphatic heterocycles. The molecular weight excluding hydrogens is 274 g/mol. The van der Waals surface area contributed by atoms with Crippen LogP contribution >= 0.6 is 0 Å². The number of anilines is 1. The summed E-state index contributed by atoms with van der Waals surface area (Å²) in [7, 11) is 0. The van der Waals surface area contributed by atoms with E-state index in [1.807, 2.05) is 6.92 Å². The van der Waals surface area contributed by atoms with E-state index >= 15 is 0 Å². The van der Waals surface area contributed by atoms with Gasteiger partial charge in [0.2, 0.25) is 5.91 Å². The fraction of sp³-hybridized carbons (Fsp3) is 0.500. The Morgan fingerprint density at radius 3 is 2.67 bits per heavy atom. The third-order valence-electron chi connectivity index (χ3n) is 3.15. The monoisotopic (exact) mass is 295 g/mol. The molecule has 1 aromatic rings. The standard InChI is InChI=1S/C14H21N3O4/c1-3-4-7-16(9-14(15)19)12-6-5-11(10(2)18)8-13(12)17(20)21/h5-6,8,10,18H,3-4,7,9H2,1-2H3,(H2,15,19)/t10-/m0/s1. The average Bonchev–Trinajstić information content (AvgIpc) is 2.42. The van der Waals surface area contributed by atoms with Crippen molar-refractivity contribution in [3.05, 3.63) is 33.9 Å². The number of nitro benzene ring substituents is 1. The predicted molar refractivity (Wildman–Crippen MR) is 80.0 cm³/mol. The summed E-state index contributed by atoms with van der Waals surface area (Å²) in [6.07, 6.45) is 0.898. The molecule has 0 aromatic heterocycles. The van der Waals surface area contributed by atoms with Gasteiger partial charge in [0.05, 0.1) is 17.6 Å². The number of carbonyl (C=O) groups excluding carboxylic acids is 1. The Hall–Kier alpha value is -2.15. The largest absolute Gasteiger partial charge is 0.389 e. The van der Waals surface area contributed by atoms with E-state index in [1.165, 1.54) is 13.0 Å². The van der Waals surface area contributed by atoms with Crippen molar-refractivity contribution in [3.8, 4) is 0 Å². The van der Waals surface area contributed by atoms with Crippen LogP contribution in [0, 0.1) is 10.1 Å². The van der Waals surface area contributed by atoms with Crippen molar-refractivity contribution in [1.29, 1.82) is 0 Å². The quantitative estimate of drug-likeness (QED) is 0.560. The summed E-state index contributed by atoms with van der Waals surface area (Å²) in [5.74, 6) is -0.542. The molecule has 0 spiro atoms. The summed E-state index contributed by atoms with van der Waals surface area (Å²) in [4.78, 5) is 23.5. The molecule has 0 unspecified atom stereocenters. The molecular formula is C14H21N3O4. The molecule has 116 valence electrons. The highest BCUT2D eigenvalue weighted by Gasteiger charge is 2.22. The molecule has 7 nitrogen and oxygen atoms in total. The number of amides is 1. The second-order valence-corrected chi connectivity index (χ2v) is 4.92. The van der Waals surface area contributed by atoms with Crippen LogP contribution in [0.2, 0.25) is 0 Å². The molecule has 7 heteroatoms. The van der Waals surface area contributed by atoms with Crippen molar-refractivity contribution in [2.45, 2.75) is 32.8 Å². The Labute approximate surface area is 123 Å². The Balaban J connectivity index is 3.21. The van der Waals surface area contributed by atoms with E-state index in [4.69, 9.17) is 5.73 Å². The van der Waals surface area contributed by atoms with E-state index in [9.17, 15) is 20.0 Å². The van der Waals surface area contributed by atoms with Gasteiger partial charge in [0.15, 0.2) is 0 Å². The van der Waals surface area contributed by atoms with Crippen molar-refractivity contribution in [2.75, 3.05) is 18.0 Å². The predicted octanol–water partition coefficient (Wildman–Crippen LogP) is 1.74. The highest BCUT2D eigenvalue weighted by atomic mass is 16.6. The van der Waals surface area contributed by atoms with Gasteiger partial charge >= 0.3 is 0 Å². The van der Waals surface area contributed by atoms with Crippen LogP contribution in [0.4, 0.5) is 11.4 Å². The second-order valence-electron chi connectivity index (χ2n) is 4.92. The van der Waals surface area contributed by atoms with Crippen molar-refractivity contribution in [2.24, 2.45) is 5.73 Å². The lowest BCUT2D eigenvalue weighted by atomic mass is 10.1. The zero-order valence-electron chi connectivity index (χ0n) is 12.3. The molecule has 0 aliphatic rings. The van der Waals surface area contributed by atoms with Crippen molar-refractivity contribution in [3.63, 3.8) is 0 Å². The van der Waals surface area contributed by atoms with E-state index in [0.717, 1.165) is 12.8 Å². The van der Waals surface area contributed by atoms with Gasteiger partial charge in [-0.05, 0) is 25.0 Å². The topological polar surface area (TPSA) is 110 Å². The molecule has 0 heterocycles. The van der Waals surface area contributed by atoms with Crippen LogP contribution < -0.4 is 10.6 Å². The van der Waals surface area contributed by atoms with Gasteiger partial charge in [-0.2, -0.15) is 0 Å². The van der Waals surface area contributed by atoms with Crippen LogP contribution in [0.3, 0.4) is 0 Å². The summed E-state index contributed by atoms with van der Waals surface area (Å²) in [6, 6.07) is 4.51. The smallest absolute Gasteiger partial charge is 0.292 e. The van der Waals surface area contributed by atoms with Crippen LogP contribution in [0.15, 0.2) is 18.2 Å². The molecule has 21 heavy (non-hydrogen) atoms. The minimum absolute atomic E-state index is 0.0745. The minimum atomic E-state index is -0.794. The maximum atomic E-state index is 11.2. The number of rotatable bonds is 8. The second kappa shape index (κ2) is 7.58. The molecule has 1 atom stereocenters. The van der Waals surface area contributed by atoms with Gasteiger partial charge < -0.3 is 15.7 Å². The van der Waals surface area contributed by atoms with Crippen molar-refractivity contribution < 1.29 is 14.8 Å². The van der Waals surface area contributed by atoms with Gasteiger partial charge in [-0.15, -0.1) is 0 Å². The Bertz CT molecular complexity index is 517. The number of primary amides is 1. The normalized spacial score (nSPS) is 12.0. The first kappa shape index (κ1) is 16.9. The first-order chi connectivity index (χ1) is 9.86. The Kier molecular flexibility index (Phi) is 6.10. The minimum Gasteiger partial charge on any atom is -0.389 e. The number of nitro groups is 1. The van der Waals surface area contributed by atoms with Crippen molar-refractivity contribution >= 4 is 17.3 Å². The maximum Gasteiger partial charge on any atom is 0.292 e. The first-order valence-corrected chi connectivity index (χ1v) is 6.86. The summed E-state index contributed by atoms with van der Waals surface area (Å²) in [5, 5.41) is 20.8. The third-order valence-corrected chi connectivity index (χ3v) is 3.15. The van der Waals surface area contributed by atoms with Gasteiger partial charge in [-0.3, -0.25) is 14.9 Å². The SMILES string of the molecule is CCCCN(CC(N)=O)c1ccc([C@H](C)O)cc1[N+](=O)[O-]. The third kappa shape index (κ3) is 4.71. The molecule has 0 fully saturated rings. The molecule has 0 aliphatic carbocycles. The van der Waals surface area contributed by atoms with E-state index in [1.54, 1.807) is 17.0 Å². The van der Waals surface area contributed by atoms with E-state index in [-0.39, 0.29) is 12.2 Å². The van der Waals surface area contributed by atoms with Gasteiger partial charge in [-0.25, -0.2) is 0 Å². The van der Waals surface area contributed by atoms with E-state index < -0.39 is 16.9 Å². The summed E-state index contributed by atoms with van der Waals surface area (Å²) in [5.41, 5.74) is 5.89. The lowest BCUT2D eigenvalue weighted by molar-refractivity contribution is -0.384. The van der Waals surface area contributed by atoms with Crippen molar-refractivity contribution in [1.82, 2.24) is 0 Å². The van der Waals surface area contributed by atoms with Crippen LogP contribution in [0.1, 0.15) is 38.4 Å². The van der Waals surface area contributed by atoms with Crippen LogP contribution in [-0.4, -0.2) is 29.0 Å². The first-order valence-electron chi connectivity index (χ1n) is 6.86. The Morgan fingerprint density at radius 1 is 1.52 bits per heavy atom. The zero-order chi connectivity index (χ0) is 16.0. The number of benzene rings is 1. The molecule has 1 amide bonds. The van der Waals surface area contributed by atoms with Gasteiger partial charge in [-0.1, -0.05) is 19.4 Å². The van der Waals surface area contributed by atoms with Crippen LogP contribution in [-0.2, 0) is 4.79 Å². The van der Waals surface area contributed by atoms with Crippen LogP contribution in [0.5, 0.6) is 0 Å². The number of aliphatic hydroxyl groups is 1. The van der Waals surface area contributed by atoms with Gasteiger partial charge in [0, 0.05) is 12.6 Å². The fourth-order valence-electron chi connectivity index (χ4n) is 2.04. The number of carbonyl (C=O) groups is 1. The molecule has 0 saturated heterocycles. The Morgan fingerprint density at radius 2 is 2.19 bits per heavy atom. The summed E-state index contributed by atoms with van der Waals surface area (Å²) in [6.45, 7) is 3.97. The fourth-order valence-corrected chi connectivity index (χ4v) is 2.04. The molecule has 0 bridgehead atoms. The maximum absolute atomic E-state index is 11.2. The molecule has 1 aromatic carbocycles. The summed E-state index contributed by atoms with van der Waals surface area (Å²) >= 11 is 0. The molecule has 1 rings (SSSR count). The number of aliphatic hydroxyl groups excluding tert-OH is 1. The zero-order valence-corrected chi connectivity index (χ0v) is 12.3. The average molecular weight is 295 g/mol. The lowest BCUT2D eigenvalue weighted by Gasteiger charge is -2.23. The molecule has 3 N–H and O–H groups in total. The molecule has 0 radical (unpaired) electrons. The highest BCUT2D eigenvalue weighted by molar-refractivity contribution is 5.81.